The highest BCUT2D eigenvalue weighted by Gasteiger charge is 2.30. The van der Waals surface area contributed by atoms with Gasteiger partial charge in [-0.15, -0.1) is 0 Å². The molecule has 4 rings (SSSR count). The molecule has 5 nitrogen and oxygen atoms in total. The molecule has 1 aromatic heterocycles. The number of nitrogens with zero attached hydrogens (tertiary/aromatic N) is 1. The Balaban J connectivity index is 1.83. The number of allylic oxidation sites excluding steroid dienone is 1. The maximum Gasteiger partial charge on any atom is 0.231 e. The summed E-state index contributed by atoms with van der Waals surface area (Å²) in [5.41, 5.74) is 3.40. The molecule has 2 aromatic carbocycles. The van der Waals surface area contributed by atoms with Gasteiger partial charge in [-0.25, -0.2) is 0 Å². The highest BCUT2D eigenvalue weighted by atomic mass is 16.5. The van der Waals surface area contributed by atoms with Crippen LogP contribution in [0.4, 0.5) is 0 Å². The summed E-state index contributed by atoms with van der Waals surface area (Å²) in [6, 6.07) is 9.50. The summed E-state index contributed by atoms with van der Waals surface area (Å²) < 4.78 is 18.8. The van der Waals surface area contributed by atoms with Crippen molar-refractivity contribution >= 4 is 22.8 Å². The van der Waals surface area contributed by atoms with Gasteiger partial charge in [0.2, 0.25) is 5.78 Å². The van der Waals surface area contributed by atoms with Crippen molar-refractivity contribution < 1.29 is 19.0 Å². The molecule has 2 heterocycles. The zero-order valence-electron chi connectivity index (χ0n) is 15.8. The average molecular weight is 363 g/mol. The van der Waals surface area contributed by atoms with Crippen LogP contribution in [0.3, 0.4) is 0 Å². The second-order valence-electron chi connectivity index (χ2n) is 6.46. The van der Waals surface area contributed by atoms with E-state index in [1.165, 1.54) is 0 Å². The number of benzene rings is 2. The number of Topliss-reactive ketones (excluding diaryl/α,β-unsaturated/α-hetero) is 1. The van der Waals surface area contributed by atoms with Gasteiger partial charge in [-0.2, -0.15) is 0 Å². The van der Waals surface area contributed by atoms with Crippen LogP contribution in [-0.4, -0.2) is 24.6 Å². The molecule has 0 unspecified atom stereocenters. The zero-order chi connectivity index (χ0) is 19.1. The lowest BCUT2D eigenvalue weighted by Gasteiger charge is -2.07. The van der Waals surface area contributed by atoms with Crippen molar-refractivity contribution in [3.63, 3.8) is 0 Å². The summed E-state index contributed by atoms with van der Waals surface area (Å²) in [4.78, 5) is 12.8. The standard InChI is InChI=1S/C22H21NO4/c1-5-23-12-14(17-11-15(25-3)6-8-18(17)23)10-20-21(24)16-7-9-19(26-4)13(2)22(16)27-20/h6-12H,5H2,1-4H3/b20-10+. The smallest absolute Gasteiger partial charge is 0.231 e. The number of carbonyl (C=O) groups is 1. The predicted molar refractivity (Wildman–Crippen MR) is 105 cm³/mol. The van der Waals surface area contributed by atoms with Crippen LogP contribution in [0.1, 0.15) is 28.4 Å². The van der Waals surface area contributed by atoms with Crippen molar-refractivity contribution in [2.45, 2.75) is 20.4 Å². The Morgan fingerprint density at radius 3 is 2.67 bits per heavy atom. The van der Waals surface area contributed by atoms with Gasteiger partial charge in [0.05, 0.1) is 19.8 Å². The summed E-state index contributed by atoms with van der Waals surface area (Å²) in [7, 11) is 3.25. The summed E-state index contributed by atoms with van der Waals surface area (Å²) in [5, 5.41) is 1.02. The molecule has 0 spiro atoms. The first-order chi connectivity index (χ1) is 13.1. The minimum Gasteiger partial charge on any atom is -0.497 e. The Morgan fingerprint density at radius 2 is 1.96 bits per heavy atom. The number of ketones is 1. The predicted octanol–water partition coefficient (Wildman–Crippen LogP) is 4.60. The van der Waals surface area contributed by atoms with Crippen LogP contribution >= 0.6 is 0 Å². The van der Waals surface area contributed by atoms with Gasteiger partial charge in [0, 0.05) is 34.8 Å². The van der Waals surface area contributed by atoms with Gasteiger partial charge in [-0.3, -0.25) is 4.79 Å². The van der Waals surface area contributed by atoms with Gasteiger partial charge in [0.25, 0.3) is 0 Å². The normalized spacial score (nSPS) is 14.5. The molecule has 0 saturated carbocycles. The molecule has 138 valence electrons. The molecule has 0 N–H and O–H groups in total. The van der Waals surface area contributed by atoms with Crippen molar-refractivity contribution in [2.75, 3.05) is 14.2 Å². The minimum atomic E-state index is -0.115. The fourth-order valence-electron chi connectivity index (χ4n) is 3.54. The third-order valence-electron chi connectivity index (χ3n) is 5.00. The van der Waals surface area contributed by atoms with E-state index < -0.39 is 0 Å². The monoisotopic (exact) mass is 363 g/mol. The van der Waals surface area contributed by atoms with E-state index in [0.29, 0.717) is 22.8 Å². The third kappa shape index (κ3) is 2.67. The molecule has 0 saturated heterocycles. The van der Waals surface area contributed by atoms with Gasteiger partial charge in [0.15, 0.2) is 5.76 Å². The first-order valence-corrected chi connectivity index (χ1v) is 8.86. The first kappa shape index (κ1) is 17.2. The van der Waals surface area contributed by atoms with Crippen LogP contribution in [0.25, 0.3) is 17.0 Å². The number of rotatable bonds is 4. The average Bonchev–Trinajstić information content (AvgIpc) is 3.20. The molecule has 3 aromatic rings. The second kappa shape index (κ2) is 6.50. The SMILES string of the molecule is CCn1cc(/C=C2/Oc3c(ccc(OC)c3C)C2=O)c2cc(OC)ccc21. The molecule has 0 atom stereocenters. The molecule has 0 fully saturated rings. The van der Waals surface area contributed by atoms with Gasteiger partial charge in [0.1, 0.15) is 17.2 Å². The fraction of sp³-hybridized carbons (Fsp3) is 0.227. The molecule has 0 amide bonds. The molecule has 0 aliphatic carbocycles. The van der Waals surface area contributed by atoms with E-state index in [-0.39, 0.29) is 5.78 Å². The molecule has 0 radical (unpaired) electrons. The van der Waals surface area contributed by atoms with Crippen molar-refractivity contribution in [1.29, 1.82) is 0 Å². The molecule has 5 heteroatoms. The number of fused-ring (bicyclic) bond motifs is 2. The number of hydrogen-bond acceptors (Lipinski definition) is 4. The lowest BCUT2D eigenvalue weighted by atomic mass is 10.1. The quantitative estimate of drug-likeness (QED) is 0.636. The number of methoxy groups -OCH3 is 2. The lowest BCUT2D eigenvalue weighted by Crippen LogP contribution is -1.97. The van der Waals surface area contributed by atoms with Crippen molar-refractivity contribution in [2.24, 2.45) is 0 Å². The summed E-state index contributed by atoms with van der Waals surface area (Å²) in [6.45, 7) is 4.81. The molecular formula is C22H21NO4. The van der Waals surface area contributed by atoms with Crippen LogP contribution < -0.4 is 14.2 Å². The van der Waals surface area contributed by atoms with Gasteiger partial charge in [-0.05, 0) is 50.3 Å². The Kier molecular flexibility index (Phi) is 4.15. The van der Waals surface area contributed by atoms with Gasteiger partial charge >= 0.3 is 0 Å². The van der Waals surface area contributed by atoms with E-state index in [2.05, 4.69) is 11.5 Å². The van der Waals surface area contributed by atoms with Crippen LogP contribution in [0.5, 0.6) is 17.2 Å². The lowest BCUT2D eigenvalue weighted by molar-refractivity contribution is 0.101. The number of ether oxygens (including phenoxy) is 3. The molecule has 0 bridgehead atoms. The summed E-state index contributed by atoms with van der Waals surface area (Å²) in [5.74, 6) is 2.26. The van der Waals surface area contributed by atoms with Crippen LogP contribution in [0, 0.1) is 6.92 Å². The van der Waals surface area contributed by atoms with E-state index in [0.717, 1.165) is 34.3 Å². The van der Waals surface area contributed by atoms with Crippen LogP contribution in [0.15, 0.2) is 42.3 Å². The largest absolute Gasteiger partial charge is 0.497 e. The fourth-order valence-corrected chi connectivity index (χ4v) is 3.54. The molecular weight excluding hydrogens is 342 g/mol. The summed E-state index contributed by atoms with van der Waals surface area (Å²) >= 11 is 0. The van der Waals surface area contributed by atoms with E-state index in [1.807, 2.05) is 37.4 Å². The maximum absolute atomic E-state index is 12.8. The van der Waals surface area contributed by atoms with Gasteiger partial charge in [-0.1, -0.05) is 0 Å². The highest BCUT2D eigenvalue weighted by molar-refractivity contribution is 6.15. The Morgan fingerprint density at radius 1 is 1.15 bits per heavy atom. The summed E-state index contributed by atoms with van der Waals surface area (Å²) in [6.07, 6.45) is 3.84. The Bertz CT molecular complexity index is 1090. The maximum atomic E-state index is 12.8. The van der Waals surface area contributed by atoms with E-state index >= 15 is 0 Å². The third-order valence-corrected chi connectivity index (χ3v) is 5.00. The Hall–Kier alpha value is -3.21. The molecule has 27 heavy (non-hydrogen) atoms. The number of hydrogen-bond donors (Lipinski definition) is 0. The number of aryl methyl sites for hydroxylation is 1. The molecule has 1 aliphatic rings. The molecule has 1 aliphatic heterocycles. The highest BCUT2D eigenvalue weighted by Crippen LogP contribution is 2.39. The first-order valence-electron chi connectivity index (χ1n) is 8.86. The topological polar surface area (TPSA) is 49.7 Å². The van der Waals surface area contributed by atoms with Crippen molar-refractivity contribution in [3.05, 3.63) is 59.0 Å². The second-order valence-corrected chi connectivity index (χ2v) is 6.46. The van der Waals surface area contributed by atoms with Crippen LogP contribution in [-0.2, 0) is 6.54 Å². The van der Waals surface area contributed by atoms with Crippen molar-refractivity contribution in [3.8, 4) is 17.2 Å². The van der Waals surface area contributed by atoms with Crippen molar-refractivity contribution in [1.82, 2.24) is 4.57 Å². The van der Waals surface area contributed by atoms with Crippen LogP contribution in [0.2, 0.25) is 0 Å². The zero-order valence-corrected chi connectivity index (χ0v) is 15.8. The number of carbonyl (C=O) groups excluding carboxylic acids is 1. The van der Waals surface area contributed by atoms with Gasteiger partial charge < -0.3 is 18.8 Å². The van der Waals surface area contributed by atoms with E-state index in [9.17, 15) is 4.79 Å². The Labute approximate surface area is 157 Å². The van der Waals surface area contributed by atoms with E-state index in [4.69, 9.17) is 14.2 Å². The number of aromatic nitrogens is 1. The van der Waals surface area contributed by atoms with E-state index in [1.54, 1.807) is 26.4 Å². The minimum absolute atomic E-state index is 0.115.